The largest absolute Gasteiger partial charge is 0.398 e. The van der Waals surface area contributed by atoms with Gasteiger partial charge >= 0.3 is 5.91 Å². The van der Waals surface area contributed by atoms with Crippen LogP contribution < -0.4 is 16.6 Å². The Morgan fingerprint density at radius 1 is 1.10 bits per heavy atom. The molecule has 0 aliphatic heterocycles. The molecule has 8 nitrogen and oxygen atoms in total. The van der Waals surface area contributed by atoms with E-state index in [1.54, 1.807) is 36.7 Å². The second-order valence-corrected chi connectivity index (χ2v) is 6.45. The van der Waals surface area contributed by atoms with Crippen molar-refractivity contribution in [3.05, 3.63) is 89.5 Å². The number of H-pyrrole nitrogens is 1. The zero-order chi connectivity index (χ0) is 20.2. The van der Waals surface area contributed by atoms with Crippen molar-refractivity contribution in [1.29, 1.82) is 5.41 Å². The van der Waals surface area contributed by atoms with E-state index in [0.29, 0.717) is 34.4 Å². The number of pyridine rings is 1. The maximum absolute atomic E-state index is 12.4. The van der Waals surface area contributed by atoms with Crippen molar-refractivity contribution in [3.63, 3.8) is 0 Å². The molecule has 0 fully saturated rings. The van der Waals surface area contributed by atoms with Gasteiger partial charge < -0.3 is 10.7 Å². The van der Waals surface area contributed by atoms with Crippen molar-refractivity contribution >= 4 is 28.3 Å². The highest BCUT2D eigenvalue weighted by Gasteiger charge is 2.15. The van der Waals surface area contributed by atoms with Crippen LogP contribution in [-0.2, 0) is 6.54 Å². The van der Waals surface area contributed by atoms with Gasteiger partial charge in [-0.05, 0) is 29.8 Å². The lowest BCUT2D eigenvalue weighted by molar-refractivity contribution is 0.0923. The number of nitrogens with zero attached hydrogens (tertiary/aromatic N) is 2. The van der Waals surface area contributed by atoms with Crippen molar-refractivity contribution in [3.8, 4) is 0 Å². The van der Waals surface area contributed by atoms with Crippen LogP contribution in [0.5, 0.6) is 0 Å². The summed E-state index contributed by atoms with van der Waals surface area (Å²) in [5.41, 5.74) is 15.8. The number of hydrogen-bond acceptors (Lipinski definition) is 6. The van der Waals surface area contributed by atoms with Crippen LogP contribution in [0.3, 0.4) is 0 Å². The van der Waals surface area contributed by atoms with Crippen molar-refractivity contribution in [2.75, 3.05) is 5.73 Å². The van der Waals surface area contributed by atoms with Crippen molar-refractivity contribution < 1.29 is 4.79 Å². The minimum atomic E-state index is -0.388. The SMILES string of the molecule is N=C(c1ccncc1)c1cc2nc(C(=O)NNCc3ccccc3)[nH]c2cc1N. The zero-order valence-corrected chi connectivity index (χ0v) is 15.4. The smallest absolute Gasteiger partial charge is 0.301 e. The van der Waals surface area contributed by atoms with E-state index in [1.165, 1.54) is 0 Å². The molecule has 1 amide bonds. The Morgan fingerprint density at radius 3 is 2.62 bits per heavy atom. The Hall–Kier alpha value is -4.04. The Morgan fingerprint density at radius 2 is 1.86 bits per heavy atom. The van der Waals surface area contributed by atoms with Crippen LogP contribution in [0.25, 0.3) is 11.0 Å². The molecule has 0 atom stereocenters. The number of carbonyl (C=O) groups is 1. The molecule has 0 unspecified atom stereocenters. The number of imidazole rings is 1. The minimum Gasteiger partial charge on any atom is -0.398 e. The predicted octanol–water partition coefficient (Wildman–Crippen LogP) is 2.39. The first-order valence-corrected chi connectivity index (χ1v) is 8.97. The highest BCUT2D eigenvalue weighted by Crippen LogP contribution is 2.23. The summed E-state index contributed by atoms with van der Waals surface area (Å²) in [5, 5.41) is 8.42. The van der Waals surface area contributed by atoms with Gasteiger partial charge in [0.05, 0.1) is 16.7 Å². The van der Waals surface area contributed by atoms with Gasteiger partial charge in [0.2, 0.25) is 0 Å². The fourth-order valence-electron chi connectivity index (χ4n) is 2.95. The molecule has 0 saturated heterocycles. The summed E-state index contributed by atoms with van der Waals surface area (Å²) in [5.74, 6) is -0.228. The quantitative estimate of drug-likeness (QED) is 0.197. The lowest BCUT2D eigenvalue weighted by Crippen LogP contribution is -2.37. The summed E-state index contributed by atoms with van der Waals surface area (Å²) < 4.78 is 0. The van der Waals surface area contributed by atoms with Gasteiger partial charge in [0.1, 0.15) is 0 Å². The standard InChI is InChI=1S/C21H19N7O/c22-16-11-18-17(10-15(16)19(23)14-6-8-24-9-7-14)26-20(27-18)21(29)28-25-12-13-4-2-1-3-5-13/h1-11,23,25H,12,22H2,(H,26,27)(H,28,29). The van der Waals surface area contributed by atoms with Crippen LogP contribution >= 0.6 is 0 Å². The molecule has 0 aliphatic carbocycles. The number of rotatable bonds is 6. The number of carbonyl (C=O) groups excluding carboxylic acids is 1. The number of amides is 1. The number of hydrazine groups is 1. The molecule has 6 N–H and O–H groups in total. The Labute approximate surface area is 166 Å². The number of aromatic nitrogens is 3. The molecule has 4 rings (SSSR count). The van der Waals surface area contributed by atoms with Gasteiger partial charge in [-0.25, -0.2) is 10.4 Å². The monoisotopic (exact) mass is 385 g/mol. The Bertz CT molecular complexity index is 1170. The fourth-order valence-corrected chi connectivity index (χ4v) is 2.95. The average molecular weight is 385 g/mol. The molecule has 0 aliphatic rings. The third kappa shape index (κ3) is 3.97. The minimum absolute atomic E-state index is 0.160. The van der Waals surface area contributed by atoms with E-state index >= 15 is 0 Å². The molecule has 2 aromatic carbocycles. The Kier molecular flexibility index (Phi) is 5.00. The van der Waals surface area contributed by atoms with E-state index < -0.39 is 0 Å². The first kappa shape index (κ1) is 18.3. The molecular weight excluding hydrogens is 366 g/mol. The van der Waals surface area contributed by atoms with Crippen LogP contribution in [-0.4, -0.2) is 26.6 Å². The topological polar surface area (TPSA) is 133 Å². The van der Waals surface area contributed by atoms with Gasteiger partial charge in [0.15, 0.2) is 5.82 Å². The van der Waals surface area contributed by atoms with Gasteiger partial charge in [0, 0.05) is 35.8 Å². The molecule has 29 heavy (non-hydrogen) atoms. The number of aromatic amines is 1. The third-order valence-electron chi connectivity index (χ3n) is 4.44. The molecule has 2 heterocycles. The van der Waals surface area contributed by atoms with Crippen molar-refractivity contribution in [2.24, 2.45) is 0 Å². The second kappa shape index (κ2) is 7.91. The summed E-state index contributed by atoms with van der Waals surface area (Å²) in [6.07, 6.45) is 3.25. The van der Waals surface area contributed by atoms with Gasteiger partial charge in [-0.15, -0.1) is 0 Å². The number of anilines is 1. The fraction of sp³-hybridized carbons (Fsp3) is 0.0476. The molecule has 0 bridgehead atoms. The molecule has 0 spiro atoms. The summed E-state index contributed by atoms with van der Waals surface area (Å²) in [4.78, 5) is 23.7. The van der Waals surface area contributed by atoms with Crippen LogP contribution in [0.1, 0.15) is 27.3 Å². The number of fused-ring (bicyclic) bond motifs is 1. The average Bonchev–Trinajstić information content (AvgIpc) is 3.17. The third-order valence-corrected chi connectivity index (χ3v) is 4.44. The van der Waals surface area contributed by atoms with Crippen LogP contribution in [0, 0.1) is 5.41 Å². The summed E-state index contributed by atoms with van der Waals surface area (Å²) >= 11 is 0. The van der Waals surface area contributed by atoms with Gasteiger partial charge in [-0.1, -0.05) is 30.3 Å². The maximum atomic E-state index is 12.4. The van der Waals surface area contributed by atoms with E-state index in [0.717, 1.165) is 5.56 Å². The molecule has 8 heteroatoms. The van der Waals surface area contributed by atoms with Crippen LogP contribution in [0.4, 0.5) is 5.69 Å². The Balaban J connectivity index is 1.51. The first-order valence-electron chi connectivity index (χ1n) is 8.97. The number of nitrogens with one attached hydrogen (secondary N) is 4. The van der Waals surface area contributed by atoms with Crippen molar-refractivity contribution in [2.45, 2.75) is 6.54 Å². The summed E-state index contributed by atoms with van der Waals surface area (Å²) in [7, 11) is 0. The highest BCUT2D eigenvalue weighted by atomic mass is 16.2. The predicted molar refractivity (Wildman–Crippen MR) is 111 cm³/mol. The van der Waals surface area contributed by atoms with E-state index in [2.05, 4.69) is 25.8 Å². The molecule has 2 aromatic heterocycles. The second-order valence-electron chi connectivity index (χ2n) is 6.45. The van der Waals surface area contributed by atoms with Crippen molar-refractivity contribution in [1.82, 2.24) is 25.8 Å². The number of hydrogen-bond donors (Lipinski definition) is 5. The summed E-state index contributed by atoms with van der Waals surface area (Å²) in [6, 6.07) is 16.6. The van der Waals surface area contributed by atoms with Gasteiger partial charge in [-0.2, -0.15) is 0 Å². The zero-order valence-electron chi connectivity index (χ0n) is 15.4. The van der Waals surface area contributed by atoms with Crippen LogP contribution in [0.15, 0.2) is 67.0 Å². The van der Waals surface area contributed by atoms with E-state index in [4.69, 9.17) is 11.1 Å². The molecule has 144 valence electrons. The van der Waals surface area contributed by atoms with E-state index in [1.807, 2.05) is 30.3 Å². The van der Waals surface area contributed by atoms with Gasteiger partial charge in [0.25, 0.3) is 0 Å². The lowest BCUT2D eigenvalue weighted by atomic mass is 10.0. The number of benzene rings is 2. The molecular formula is C21H19N7O. The summed E-state index contributed by atoms with van der Waals surface area (Å²) in [6.45, 7) is 0.493. The molecule has 0 radical (unpaired) electrons. The number of nitrogen functional groups attached to an aromatic ring is 1. The first-order chi connectivity index (χ1) is 14.1. The molecule has 4 aromatic rings. The lowest BCUT2D eigenvalue weighted by Gasteiger charge is -2.07. The molecule has 0 saturated carbocycles. The van der Waals surface area contributed by atoms with Crippen LogP contribution in [0.2, 0.25) is 0 Å². The van der Waals surface area contributed by atoms with E-state index in [-0.39, 0.29) is 17.4 Å². The van der Waals surface area contributed by atoms with E-state index in [9.17, 15) is 4.79 Å². The number of nitrogens with two attached hydrogens (primary N) is 1. The highest BCUT2D eigenvalue weighted by molar-refractivity contribution is 6.15. The maximum Gasteiger partial charge on any atom is 0.301 e. The van der Waals surface area contributed by atoms with Gasteiger partial charge in [-0.3, -0.25) is 20.6 Å². The normalized spacial score (nSPS) is 10.8.